The molecule has 1 aromatic carbocycles. The average Bonchev–Trinajstić information content (AvgIpc) is 2.50. The van der Waals surface area contributed by atoms with Crippen molar-refractivity contribution in [1.82, 2.24) is 10.6 Å². The van der Waals surface area contributed by atoms with Gasteiger partial charge < -0.3 is 14.8 Å². The van der Waals surface area contributed by atoms with E-state index >= 15 is 0 Å². The summed E-state index contributed by atoms with van der Waals surface area (Å²) in [6, 6.07) is 2.58. The van der Waals surface area contributed by atoms with Crippen LogP contribution in [0.2, 0.25) is 0 Å². The Labute approximate surface area is 132 Å². The van der Waals surface area contributed by atoms with E-state index in [4.69, 9.17) is 14.6 Å². The molecule has 0 heterocycles. The third-order valence-electron chi connectivity index (χ3n) is 2.53. The quantitative estimate of drug-likeness (QED) is 0.576. The molecule has 0 fully saturated rings. The second-order valence-corrected chi connectivity index (χ2v) is 5.67. The fraction of sp³-hybridized carbons (Fsp3) is 0.250. The van der Waals surface area contributed by atoms with Gasteiger partial charge in [-0.25, -0.2) is 23.1 Å². The smallest absolute Gasteiger partial charge is 0.342 e. The number of methoxy groups -OCH3 is 1. The summed E-state index contributed by atoms with van der Waals surface area (Å²) in [5, 5.41) is 9.01. The number of urea groups is 1. The first-order chi connectivity index (χ1) is 10.7. The van der Waals surface area contributed by atoms with Gasteiger partial charge in [-0.05, 0) is 18.2 Å². The number of hydrogen-bond donors (Lipinski definition) is 3. The summed E-state index contributed by atoms with van der Waals surface area (Å²) < 4.78 is 32.2. The molecule has 0 unspecified atom stereocenters. The van der Waals surface area contributed by atoms with Gasteiger partial charge in [-0.3, -0.25) is 10.1 Å². The molecule has 10 nitrogen and oxygen atoms in total. The highest BCUT2D eigenvalue weighted by molar-refractivity contribution is 7.89. The number of primary sulfonamides is 1. The zero-order valence-electron chi connectivity index (χ0n) is 12.3. The summed E-state index contributed by atoms with van der Waals surface area (Å²) in [5.74, 6) is -1.84. The number of nitrogens with two attached hydrogens (primary N) is 1. The topological polar surface area (TPSA) is 154 Å². The predicted molar refractivity (Wildman–Crippen MR) is 77.2 cm³/mol. The predicted octanol–water partition coefficient (Wildman–Crippen LogP) is -1.04. The number of benzene rings is 1. The van der Waals surface area contributed by atoms with Crippen LogP contribution in [0.1, 0.15) is 10.4 Å². The third kappa shape index (κ3) is 5.23. The molecule has 23 heavy (non-hydrogen) atoms. The van der Waals surface area contributed by atoms with Crippen molar-refractivity contribution in [2.75, 3.05) is 20.8 Å². The molecule has 126 valence electrons. The molecule has 0 spiro atoms. The Kier molecular flexibility index (Phi) is 6.04. The van der Waals surface area contributed by atoms with Crippen LogP contribution in [0.3, 0.4) is 0 Å². The van der Waals surface area contributed by atoms with Crippen molar-refractivity contribution in [3.05, 3.63) is 23.8 Å². The first kappa shape index (κ1) is 18.4. The zero-order chi connectivity index (χ0) is 17.6. The highest BCUT2D eigenvalue weighted by atomic mass is 32.2. The largest absolute Gasteiger partial charge is 0.496 e. The molecule has 11 heteroatoms. The van der Waals surface area contributed by atoms with E-state index in [0.717, 1.165) is 12.1 Å². The molecule has 1 rings (SSSR count). The van der Waals surface area contributed by atoms with Gasteiger partial charge in [-0.1, -0.05) is 0 Å². The Morgan fingerprint density at radius 2 is 1.91 bits per heavy atom. The van der Waals surface area contributed by atoms with Crippen LogP contribution < -0.4 is 20.5 Å². The highest BCUT2D eigenvalue weighted by Gasteiger charge is 2.19. The van der Waals surface area contributed by atoms with Crippen LogP contribution >= 0.6 is 0 Å². The van der Waals surface area contributed by atoms with Gasteiger partial charge in [0, 0.05) is 7.05 Å². The maximum absolute atomic E-state index is 11.9. The Bertz CT molecular complexity index is 730. The lowest BCUT2D eigenvalue weighted by molar-refractivity contribution is -0.123. The van der Waals surface area contributed by atoms with E-state index in [0.29, 0.717) is 0 Å². The average molecular weight is 345 g/mol. The van der Waals surface area contributed by atoms with Crippen LogP contribution in [0, 0.1) is 0 Å². The fourth-order valence-corrected chi connectivity index (χ4v) is 2.00. The van der Waals surface area contributed by atoms with E-state index in [2.05, 4.69) is 5.32 Å². The zero-order valence-corrected chi connectivity index (χ0v) is 13.1. The second kappa shape index (κ2) is 7.56. The number of hydrogen-bond acceptors (Lipinski definition) is 7. The van der Waals surface area contributed by atoms with E-state index in [9.17, 15) is 22.8 Å². The van der Waals surface area contributed by atoms with Crippen LogP contribution in [-0.2, 0) is 19.6 Å². The van der Waals surface area contributed by atoms with Gasteiger partial charge in [0.2, 0.25) is 10.0 Å². The lowest BCUT2D eigenvalue weighted by Gasteiger charge is -2.10. The monoisotopic (exact) mass is 345 g/mol. The van der Waals surface area contributed by atoms with Gasteiger partial charge >= 0.3 is 12.0 Å². The molecule has 3 amide bonds. The molecule has 0 aliphatic rings. The second-order valence-electron chi connectivity index (χ2n) is 4.11. The minimum atomic E-state index is -4.03. The van der Waals surface area contributed by atoms with Crippen LogP contribution in [0.4, 0.5) is 4.79 Å². The SMILES string of the molecule is CNC(=O)NC(=O)COC(=O)c1cc(S(N)(=O)=O)ccc1OC. The van der Waals surface area contributed by atoms with Gasteiger partial charge in [0.15, 0.2) is 6.61 Å². The van der Waals surface area contributed by atoms with Crippen molar-refractivity contribution in [1.29, 1.82) is 0 Å². The number of ether oxygens (including phenoxy) is 2. The van der Waals surface area contributed by atoms with Crippen LogP contribution in [0.25, 0.3) is 0 Å². The number of nitrogens with one attached hydrogen (secondary N) is 2. The van der Waals surface area contributed by atoms with Crippen molar-refractivity contribution < 1.29 is 32.3 Å². The molecule has 0 aliphatic carbocycles. The Hall–Kier alpha value is -2.66. The van der Waals surface area contributed by atoms with Gasteiger partial charge in [-0.15, -0.1) is 0 Å². The molecular weight excluding hydrogens is 330 g/mol. The summed E-state index contributed by atoms with van der Waals surface area (Å²) in [5.41, 5.74) is -0.230. The van der Waals surface area contributed by atoms with Crippen LogP contribution in [0.15, 0.2) is 23.1 Å². The number of carbonyl (C=O) groups excluding carboxylic acids is 3. The van der Waals surface area contributed by atoms with Crippen molar-refractivity contribution >= 4 is 27.9 Å². The van der Waals surface area contributed by atoms with Gasteiger partial charge in [0.1, 0.15) is 11.3 Å². The molecule has 0 radical (unpaired) electrons. The number of rotatable bonds is 5. The van der Waals surface area contributed by atoms with E-state index in [1.165, 1.54) is 20.2 Å². The van der Waals surface area contributed by atoms with Crippen molar-refractivity contribution in [2.45, 2.75) is 4.90 Å². The normalized spacial score (nSPS) is 10.6. The maximum Gasteiger partial charge on any atom is 0.342 e. The molecule has 1 aromatic rings. The van der Waals surface area contributed by atoms with Gasteiger partial charge in [0.05, 0.1) is 12.0 Å². The molecule has 0 aliphatic heterocycles. The molecule has 0 saturated heterocycles. The van der Waals surface area contributed by atoms with E-state index in [-0.39, 0.29) is 16.2 Å². The Balaban J connectivity index is 2.90. The number of amides is 3. The summed E-state index contributed by atoms with van der Waals surface area (Å²) in [4.78, 5) is 33.9. The molecule has 0 saturated carbocycles. The first-order valence-electron chi connectivity index (χ1n) is 6.08. The van der Waals surface area contributed by atoms with Crippen LogP contribution in [0.5, 0.6) is 5.75 Å². The van der Waals surface area contributed by atoms with Crippen molar-refractivity contribution in [2.24, 2.45) is 5.14 Å². The molecule has 0 aromatic heterocycles. The number of sulfonamides is 1. The van der Waals surface area contributed by atoms with Crippen LogP contribution in [-0.4, -0.2) is 47.1 Å². The fourth-order valence-electron chi connectivity index (χ4n) is 1.46. The molecule has 0 bridgehead atoms. The lowest BCUT2D eigenvalue weighted by atomic mass is 10.2. The third-order valence-corrected chi connectivity index (χ3v) is 3.44. The van der Waals surface area contributed by atoms with Crippen molar-refractivity contribution in [3.8, 4) is 5.75 Å². The van der Waals surface area contributed by atoms with Gasteiger partial charge in [-0.2, -0.15) is 0 Å². The molecular formula is C12H15N3O7S. The maximum atomic E-state index is 11.9. The number of esters is 1. The number of carbonyl (C=O) groups is 3. The van der Waals surface area contributed by atoms with E-state index in [1.807, 2.05) is 5.32 Å². The highest BCUT2D eigenvalue weighted by Crippen LogP contribution is 2.22. The lowest BCUT2D eigenvalue weighted by Crippen LogP contribution is -2.39. The van der Waals surface area contributed by atoms with Crippen molar-refractivity contribution in [3.63, 3.8) is 0 Å². The molecule has 4 N–H and O–H groups in total. The van der Waals surface area contributed by atoms with E-state index in [1.54, 1.807) is 0 Å². The number of imide groups is 1. The Morgan fingerprint density at radius 1 is 1.26 bits per heavy atom. The minimum absolute atomic E-state index is 0.0362. The standard InChI is InChI=1S/C12H15N3O7S/c1-14-12(18)15-10(16)6-22-11(17)8-5-7(23(13,19)20)3-4-9(8)21-2/h3-5H,6H2,1-2H3,(H2,13,19,20)(H2,14,15,16,18). The van der Waals surface area contributed by atoms with E-state index < -0.39 is 34.5 Å². The molecule has 0 atom stereocenters. The first-order valence-corrected chi connectivity index (χ1v) is 7.63. The van der Waals surface area contributed by atoms with Gasteiger partial charge in [0.25, 0.3) is 5.91 Å². The Morgan fingerprint density at radius 3 is 2.43 bits per heavy atom. The summed E-state index contributed by atoms with van der Waals surface area (Å²) in [6.07, 6.45) is 0. The minimum Gasteiger partial charge on any atom is -0.496 e. The summed E-state index contributed by atoms with van der Waals surface area (Å²) >= 11 is 0. The summed E-state index contributed by atoms with van der Waals surface area (Å²) in [6.45, 7) is -0.741. The summed E-state index contributed by atoms with van der Waals surface area (Å²) in [7, 11) is -1.46.